The van der Waals surface area contributed by atoms with Crippen molar-refractivity contribution in [2.45, 2.75) is 17.9 Å². The van der Waals surface area contributed by atoms with Crippen LogP contribution in [0.1, 0.15) is 6.92 Å². The van der Waals surface area contributed by atoms with Crippen LogP contribution in [0.3, 0.4) is 0 Å². The van der Waals surface area contributed by atoms with Gasteiger partial charge in [0.15, 0.2) is 6.61 Å². The van der Waals surface area contributed by atoms with Gasteiger partial charge in [0, 0.05) is 0 Å². The SMILES string of the molecule is CC(NS(=O)(=O)c1cccc2nsnc12)C(=O)OCC(N)=O. The number of aromatic nitrogens is 2. The largest absolute Gasteiger partial charge is 0.454 e. The first-order valence-electron chi connectivity index (χ1n) is 6.00. The van der Waals surface area contributed by atoms with Crippen LogP contribution >= 0.6 is 11.7 Å². The second-order valence-corrected chi connectivity index (χ2v) is 6.52. The number of sulfonamides is 1. The smallest absolute Gasteiger partial charge is 0.324 e. The summed E-state index contributed by atoms with van der Waals surface area (Å²) in [6, 6.07) is 3.32. The zero-order valence-corrected chi connectivity index (χ0v) is 13.0. The number of carbonyl (C=O) groups excluding carboxylic acids is 2. The van der Waals surface area contributed by atoms with Crippen molar-refractivity contribution in [2.75, 3.05) is 6.61 Å². The van der Waals surface area contributed by atoms with Gasteiger partial charge < -0.3 is 10.5 Å². The van der Waals surface area contributed by atoms with Crippen LogP contribution in [-0.4, -0.2) is 41.7 Å². The highest BCUT2D eigenvalue weighted by Crippen LogP contribution is 2.21. The van der Waals surface area contributed by atoms with Gasteiger partial charge in [0.25, 0.3) is 5.91 Å². The molecule has 1 aromatic carbocycles. The molecule has 0 spiro atoms. The molecule has 11 heteroatoms. The Morgan fingerprint density at radius 2 is 2.14 bits per heavy atom. The van der Waals surface area contributed by atoms with Gasteiger partial charge in [-0.25, -0.2) is 8.42 Å². The predicted octanol–water partition coefficient (Wildman–Crippen LogP) is -0.613. The highest BCUT2D eigenvalue weighted by molar-refractivity contribution is 7.89. The van der Waals surface area contributed by atoms with Crippen LogP contribution in [0.15, 0.2) is 23.1 Å². The molecule has 9 nitrogen and oxygen atoms in total. The van der Waals surface area contributed by atoms with E-state index in [1.54, 1.807) is 6.07 Å². The van der Waals surface area contributed by atoms with Gasteiger partial charge in [-0.3, -0.25) is 9.59 Å². The summed E-state index contributed by atoms with van der Waals surface area (Å²) in [6.07, 6.45) is 0. The van der Waals surface area contributed by atoms with Crippen LogP contribution in [0.5, 0.6) is 0 Å². The third-order valence-corrected chi connectivity index (χ3v) is 4.70. The monoisotopic (exact) mass is 344 g/mol. The van der Waals surface area contributed by atoms with Gasteiger partial charge in [0.1, 0.15) is 22.0 Å². The zero-order valence-electron chi connectivity index (χ0n) is 11.3. The summed E-state index contributed by atoms with van der Waals surface area (Å²) in [7, 11) is -4.00. The number of nitrogens with one attached hydrogen (secondary N) is 1. The molecule has 1 atom stereocenters. The van der Waals surface area contributed by atoms with Crippen LogP contribution in [0.4, 0.5) is 0 Å². The van der Waals surface area contributed by atoms with E-state index in [0.717, 1.165) is 11.7 Å². The number of nitrogens with two attached hydrogens (primary N) is 1. The van der Waals surface area contributed by atoms with E-state index in [-0.39, 0.29) is 10.4 Å². The van der Waals surface area contributed by atoms with E-state index in [1.165, 1.54) is 19.1 Å². The van der Waals surface area contributed by atoms with Crippen LogP contribution in [0.25, 0.3) is 11.0 Å². The first-order valence-corrected chi connectivity index (χ1v) is 8.21. The summed E-state index contributed by atoms with van der Waals surface area (Å²) < 4.78 is 39.2. The fraction of sp³-hybridized carbons (Fsp3) is 0.273. The summed E-state index contributed by atoms with van der Waals surface area (Å²) in [5.41, 5.74) is 5.50. The minimum Gasteiger partial charge on any atom is -0.454 e. The van der Waals surface area contributed by atoms with Crippen molar-refractivity contribution in [3.63, 3.8) is 0 Å². The summed E-state index contributed by atoms with van der Waals surface area (Å²) in [5, 5.41) is 0. The molecule has 1 aromatic heterocycles. The molecule has 0 aliphatic rings. The number of fused-ring (bicyclic) bond motifs is 1. The number of esters is 1. The molecule has 0 saturated carbocycles. The molecule has 2 rings (SSSR count). The number of ether oxygens (including phenoxy) is 1. The lowest BCUT2D eigenvalue weighted by Gasteiger charge is -2.13. The number of nitrogens with zero attached hydrogens (tertiary/aromatic N) is 2. The van der Waals surface area contributed by atoms with E-state index in [0.29, 0.717) is 5.52 Å². The minimum atomic E-state index is -4.00. The Labute approximate surface area is 129 Å². The van der Waals surface area contributed by atoms with Gasteiger partial charge in [-0.1, -0.05) is 6.07 Å². The van der Waals surface area contributed by atoms with Crippen LogP contribution in [-0.2, 0) is 24.3 Å². The van der Waals surface area contributed by atoms with Crippen molar-refractivity contribution in [2.24, 2.45) is 5.73 Å². The average molecular weight is 344 g/mol. The van der Waals surface area contributed by atoms with Gasteiger partial charge in [-0.15, -0.1) is 0 Å². The Morgan fingerprint density at radius 1 is 1.41 bits per heavy atom. The van der Waals surface area contributed by atoms with Gasteiger partial charge >= 0.3 is 5.97 Å². The van der Waals surface area contributed by atoms with Crippen LogP contribution < -0.4 is 10.5 Å². The maximum atomic E-state index is 12.3. The number of benzene rings is 1. The van der Waals surface area contributed by atoms with Gasteiger partial charge in [-0.05, 0) is 19.1 Å². The Kier molecular flexibility index (Phi) is 4.68. The second-order valence-electron chi connectivity index (χ2n) is 4.31. The summed E-state index contributed by atoms with van der Waals surface area (Å²) >= 11 is 0.884. The molecule has 0 bridgehead atoms. The molecule has 0 fully saturated rings. The number of rotatable bonds is 6. The van der Waals surface area contributed by atoms with Gasteiger partial charge in [0.05, 0.1) is 11.7 Å². The van der Waals surface area contributed by atoms with E-state index in [2.05, 4.69) is 18.2 Å². The zero-order chi connectivity index (χ0) is 16.3. The number of hydrogen-bond donors (Lipinski definition) is 2. The Bertz CT molecular complexity index is 817. The molecule has 0 aliphatic carbocycles. The maximum absolute atomic E-state index is 12.3. The van der Waals surface area contributed by atoms with E-state index in [1.807, 2.05) is 0 Å². The van der Waals surface area contributed by atoms with Gasteiger partial charge in [-0.2, -0.15) is 13.5 Å². The maximum Gasteiger partial charge on any atom is 0.324 e. The number of carbonyl (C=O) groups is 2. The number of hydrogen-bond acceptors (Lipinski definition) is 8. The second kappa shape index (κ2) is 6.34. The van der Waals surface area contributed by atoms with Crippen molar-refractivity contribution in [3.05, 3.63) is 18.2 Å². The molecule has 22 heavy (non-hydrogen) atoms. The molecule has 0 saturated heterocycles. The molecule has 0 radical (unpaired) electrons. The predicted molar refractivity (Wildman–Crippen MR) is 77.4 cm³/mol. The molecule has 118 valence electrons. The highest BCUT2D eigenvalue weighted by Gasteiger charge is 2.25. The van der Waals surface area contributed by atoms with Gasteiger partial charge in [0.2, 0.25) is 10.0 Å². The molecule has 1 heterocycles. The van der Waals surface area contributed by atoms with Crippen molar-refractivity contribution < 1.29 is 22.7 Å². The van der Waals surface area contributed by atoms with E-state index in [4.69, 9.17) is 5.73 Å². The summed E-state index contributed by atoms with van der Waals surface area (Å²) in [4.78, 5) is 22.0. The third kappa shape index (κ3) is 3.55. The molecule has 1 amide bonds. The Balaban J connectivity index is 2.19. The summed E-state index contributed by atoms with van der Waals surface area (Å²) in [5.74, 6) is -1.74. The molecule has 3 N–H and O–H groups in total. The Morgan fingerprint density at radius 3 is 2.82 bits per heavy atom. The highest BCUT2D eigenvalue weighted by atomic mass is 32.2. The van der Waals surface area contributed by atoms with Crippen molar-refractivity contribution in [1.29, 1.82) is 0 Å². The lowest BCUT2D eigenvalue weighted by Crippen LogP contribution is -2.40. The normalized spacial score (nSPS) is 13.0. The minimum absolute atomic E-state index is 0.0895. The number of primary amides is 1. The molecular formula is C11H12N4O5S2. The molecule has 2 aromatic rings. The van der Waals surface area contributed by atoms with Crippen LogP contribution in [0.2, 0.25) is 0 Å². The van der Waals surface area contributed by atoms with Crippen LogP contribution in [0, 0.1) is 0 Å². The molecule has 0 aliphatic heterocycles. The Hall–Kier alpha value is -2.11. The quantitative estimate of drug-likeness (QED) is 0.665. The topological polar surface area (TPSA) is 141 Å². The first-order chi connectivity index (χ1) is 10.3. The first kappa shape index (κ1) is 16.3. The van der Waals surface area contributed by atoms with Crippen molar-refractivity contribution in [1.82, 2.24) is 13.5 Å². The molecule has 1 unspecified atom stereocenters. The van der Waals surface area contributed by atoms with E-state index in [9.17, 15) is 18.0 Å². The van der Waals surface area contributed by atoms with Crippen molar-refractivity contribution in [3.8, 4) is 0 Å². The van der Waals surface area contributed by atoms with E-state index < -0.39 is 34.5 Å². The summed E-state index contributed by atoms with van der Waals surface area (Å²) in [6.45, 7) is 0.677. The van der Waals surface area contributed by atoms with E-state index >= 15 is 0 Å². The fourth-order valence-electron chi connectivity index (χ4n) is 1.61. The third-order valence-electron chi connectivity index (χ3n) is 2.58. The lowest BCUT2D eigenvalue weighted by molar-refractivity contribution is -0.149. The number of amides is 1. The lowest BCUT2D eigenvalue weighted by atomic mass is 10.3. The average Bonchev–Trinajstić information content (AvgIpc) is 2.92. The van der Waals surface area contributed by atoms with Crippen molar-refractivity contribution >= 4 is 44.7 Å². The fourth-order valence-corrected chi connectivity index (χ4v) is 3.57. The molecular weight excluding hydrogens is 332 g/mol. The standard InChI is InChI=1S/C11H12N4O5S2/c1-6(11(17)20-5-9(12)16)15-22(18,19)8-4-2-3-7-10(8)14-21-13-7/h2-4,6,15H,5H2,1H3,(H2,12,16).